The molecular weight excluding hydrogens is 404 g/mol. The molecule has 6 nitrogen and oxygen atoms in total. The Morgan fingerprint density at radius 2 is 1.62 bits per heavy atom. The highest BCUT2D eigenvalue weighted by Gasteiger charge is 2.51. The lowest BCUT2D eigenvalue weighted by molar-refractivity contribution is -0.134. The van der Waals surface area contributed by atoms with Crippen molar-refractivity contribution in [1.29, 1.82) is 0 Å². The summed E-state index contributed by atoms with van der Waals surface area (Å²) in [5.74, 6) is 2.53. The molecule has 0 atom stereocenters. The molecule has 2 aromatic carbocycles. The number of nitrogens with one attached hydrogen (secondary N) is 2. The zero-order valence-corrected chi connectivity index (χ0v) is 18.3. The number of aldehydes is 1. The fourth-order valence-corrected chi connectivity index (χ4v) is 6.54. The second-order valence-electron chi connectivity index (χ2n) is 10.0. The summed E-state index contributed by atoms with van der Waals surface area (Å²) in [6.07, 6.45) is 9.00. The van der Waals surface area contributed by atoms with Crippen LogP contribution in [0.3, 0.4) is 0 Å². The van der Waals surface area contributed by atoms with E-state index in [1.807, 2.05) is 12.1 Å². The number of carbonyl (C=O) groups is 3. The second-order valence-corrected chi connectivity index (χ2v) is 10.0. The maximum atomic E-state index is 12.5. The molecule has 6 heteroatoms. The van der Waals surface area contributed by atoms with Crippen LogP contribution in [0.4, 0.5) is 4.79 Å². The third-order valence-corrected chi connectivity index (χ3v) is 7.46. The molecule has 168 valence electrons. The molecule has 4 aliphatic rings. The fourth-order valence-electron chi connectivity index (χ4n) is 6.54. The molecule has 0 aliphatic heterocycles. The lowest BCUT2D eigenvalue weighted by atomic mass is 9.53. The standard InChI is InChI=1S/C26H30N2O4/c29-16-17-3-4-22-12-23(6-5-21(22)11-17)32-24(30)2-1-7-27-25(31)28-26-13-18-8-19(14-26)10-20(9-18)15-26/h3-6,11-12,16,18-20H,1-2,7-10,13-15H2,(H2,27,28,31). The second kappa shape index (κ2) is 8.57. The van der Waals surface area contributed by atoms with Crippen molar-refractivity contribution in [3.05, 3.63) is 42.0 Å². The average molecular weight is 435 g/mol. The Balaban J connectivity index is 1.05. The molecule has 2 amide bonds. The third kappa shape index (κ3) is 4.50. The normalized spacial score (nSPS) is 27.8. The van der Waals surface area contributed by atoms with E-state index in [-0.39, 0.29) is 24.0 Å². The van der Waals surface area contributed by atoms with E-state index in [1.165, 1.54) is 19.3 Å². The first-order valence-corrected chi connectivity index (χ1v) is 11.8. The zero-order chi connectivity index (χ0) is 22.1. The lowest BCUT2D eigenvalue weighted by Crippen LogP contribution is -2.61. The van der Waals surface area contributed by atoms with Crippen LogP contribution in [0.5, 0.6) is 5.75 Å². The number of hydrogen-bond donors (Lipinski definition) is 2. The van der Waals surface area contributed by atoms with E-state index in [4.69, 9.17) is 4.74 Å². The van der Waals surface area contributed by atoms with Crippen LogP contribution in [0.15, 0.2) is 36.4 Å². The van der Waals surface area contributed by atoms with Crippen LogP contribution < -0.4 is 15.4 Å². The van der Waals surface area contributed by atoms with Crippen LogP contribution in [0.25, 0.3) is 10.8 Å². The number of ether oxygens (including phenoxy) is 1. The molecule has 0 heterocycles. The Hall–Kier alpha value is -2.89. The predicted molar refractivity (Wildman–Crippen MR) is 122 cm³/mol. The summed E-state index contributed by atoms with van der Waals surface area (Å²) in [6, 6.07) is 10.6. The summed E-state index contributed by atoms with van der Waals surface area (Å²) < 4.78 is 5.44. The van der Waals surface area contributed by atoms with Crippen LogP contribution in [0.1, 0.15) is 61.7 Å². The van der Waals surface area contributed by atoms with E-state index in [2.05, 4.69) is 10.6 Å². The summed E-state index contributed by atoms with van der Waals surface area (Å²) in [5, 5.41) is 8.04. The number of esters is 1. The topological polar surface area (TPSA) is 84.5 Å². The molecule has 0 unspecified atom stereocenters. The van der Waals surface area contributed by atoms with E-state index in [9.17, 15) is 14.4 Å². The molecule has 4 aliphatic carbocycles. The van der Waals surface area contributed by atoms with Gasteiger partial charge in [0.05, 0.1) is 0 Å². The molecule has 0 spiro atoms. The number of amides is 2. The number of urea groups is 1. The number of hydrogen-bond acceptors (Lipinski definition) is 4. The van der Waals surface area contributed by atoms with Crippen LogP contribution >= 0.6 is 0 Å². The van der Waals surface area contributed by atoms with Gasteiger partial charge >= 0.3 is 12.0 Å². The van der Waals surface area contributed by atoms with Gasteiger partial charge in [0.1, 0.15) is 12.0 Å². The van der Waals surface area contributed by atoms with Gasteiger partial charge in [0, 0.05) is 24.1 Å². The van der Waals surface area contributed by atoms with E-state index in [1.54, 1.807) is 24.3 Å². The van der Waals surface area contributed by atoms with Gasteiger partial charge in [-0.25, -0.2) is 4.79 Å². The molecule has 4 bridgehead atoms. The van der Waals surface area contributed by atoms with Crippen molar-refractivity contribution in [3.63, 3.8) is 0 Å². The van der Waals surface area contributed by atoms with E-state index < -0.39 is 0 Å². The molecule has 4 saturated carbocycles. The summed E-state index contributed by atoms with van der Waals surface area (Å²) >= 11 is 0. The van der Waals surface area contributed by atoms with Gasteiger partial charge in [0.2, 0.25) is 0 Å². The highest BCUT2D eigenvalue weighted by Crippen LogP contribution is 2.55. The summed E-state index contributed by atoms with van der Waals surface area (Å²) in [6.45, 7) is 0.444. The number of benzene rings is 2. The average Bonchev–Trinajstić information content (AvgIpc) is 2.75. The third-order valence-electron chi connectivity index (χ3n) is 7.46. The monoisotopic (exact) mass is 434 g/mol. The van der Waals surface area contributed by atoms with Crippen LogP contribution in [0, 0.1) is 17.8 Å². The van der Waals surface area contributed by atoms with Crippen molar-refractivity contribution in [2.24, 2.45) is 17.8 Å². The van der Waals surface area contributed by atoms with Crippen molar-refractivity contribution in [3.8, 4) is 5.75 Å². The smallest absolute Gasteiger partial charge is 0.315 e. The van der Waals surface area contributed by atoms with Crippen molar-refractivity contribution >= 4 is 29.1 Å². The molecule has 6 rings (SSSR count). The van der Waals surface area contributed by atoms with Gasteiger partial charge in [-0.3, -0.25) is 9.59 Å². The fraction of sp³-hybridized carbons (Fsp3) is 0.500. The Morgan fingerprint density at radius 1 is 0.969 bits per heavy atom. The molecule has 2 aromatic rings. The first kappa shape index (κ1) is 21.0. The summed E-state index contributed by atoms with van der Waals surface area (Å²) in [4.78, 5) is 35.6. The van der Waals surface area contributed by atoms with Crippen molar-refractivity contribution in [2.45, 2.75) is 56.9 Å². The van der Waals surface area contributed by atoms with E-state index in [0.717, 1.165) is 54.1 Å². The van der Waals surface area contributed by atoms with E-state index >= 15 is 0 Å². The minimum absolute atomic E-state index is 0.000329. The van der Waals surface area contributed by atoms with Gasteiger partial charge in [-0.15, -0.1) is 0 Å². The first-order valence-electron chi connectivity index (χ1n) is 11.8. The molecule has 4 fully saturated rings. The maximum Gasteiger partial charge on any atom is 0.315 e. The minimum Gasteiger partial charge on any atom is -0.427 e. The van der Waals surface area contributed by atoms with Gasteiger partial charge in [-0.1, -0.05) is 18.2 Å². The van der Waals surface area contributed by atoms with Crippen molar-refractivity contribution in [2.75, 3.05) is 6.54 Å². The number of rotatable bonds is 7. The van der Waals surface area contributed by atoms with Crippen molar-refractivity contribution < 1.29 is 19.1 Å². The SMILES string of the molecule is O=Cc1ccc2cc(OC(=O)CCCNC(=O)NC34CC5CC(CC(C5)C3)C4)ccc2c1. The largest absolute Gasteiger partial charge is 0.427 e. The minimum atomic E-state index is -0.322. The number of carbonyl (C=O) groups excluding carboxylic acids is 3. The first-order chi connectivity index (χ1) is 15.5. The van der Waals surface area contributed by atoms with Crippen LogP contribution in [-0.4, -0.2) is 30.4 Å². The Kier molecular flexibility index (Phi) is 5.62. The quantitative estimate of drug-likeness (QED) is 0.289. The van der Waals surface area contributed by atoms with Gasteiger partial charge in [0.15, 0.2) is 0 Å². The Morgan fingerprint density at radius 3 is 2.31 bits per heavy atom. The van der Waals surface area contributed by atoms with Crippen LogP contribution in [0.2, 0.25) is 0 Å². The molecular formula is C26H30N2O4. The molecule has 2 N–H and O–H groups in total. The van der Waals surface area contributed by atoms with Gasteiger partial charge in [-0.2, -0.15) is 0 Å². The highest BCUT2D eigenvalue weighted by atomic mass is 16.5. The number of fused-ring (bicyclic) bond motifs is 1. The molecule has 0 aromatic heterocycles. The molecule has 0 saturated heterocycles. The van der Waals surface area contributed by atoms with Gasteiger partial charge in [0.25, 0.3) is 0 Å². The molecule has 32 heavy (non-hydrogen) atoms. The molecule has 0 radical (unpaired) electrons. The van der Waals surface area contributed by atoms with Gasteiger partial charge < -0.3 is 15.4 Å². The Labute approximate surface area is 188 Å². The summed E-state index contributed by atoms with van der Waals surface area (Å²) in [7, 11) is 0. The van der Waals surface area contributed by atoms with Gasteiger partial charge in [-0.05, 0) is 91.7 Å². The van der Waals surface area contributed by atoms with Crippen molar-refractivity contribution in [1.82, 2.24) is 10.6 Å². The highest BCUT2D eigenvalue weighted by molar-refractivity contribution is 5.90. The Bertz CT molecular complexity index is 1010. The van der Waals surface area contributed by atoms with Crippen LogP contribution in [-0.2, 0) is 4.79 Å². The lowest BCUT2D eigenvalue weighted by Gasteiger charge is -2.56. The summed E-state index contributed by atoms with van der Waals surface area (Å²) in [5.41, 5.74) is 0.613. The zero-order valence-electron chi connectivity index (χ0n) is 18.3. The maximum absolute atomic E-state index is 12.5. The van der Waals surface area contributed by atoms with E-state index in [0.29, 0.717) is 24.3 Å². The predicted octanol–water partition coefficient (Wildman–Crippen LogP) is 4.61.